The summed E-state index contributed by atoms with van der Waals surface area (Å²) in [6, 6.07) is 0. The first kappa shape index (κ1) is 15.6. The van der Waals surface area contributed by atoms with E-state index in [0.717, 1.165) is 0 Å². The first-order chi connectivity index (χ1) is 6.83. The first-order valence-corrected chi connectivity index (χ1v) is 5.41. The van der Waals surface area contributed by atoms with E-state index in [0.29, 0.717) is 0 Å². The summed E-state index contributed by atoms with van der Waals surface area (Å²) in [4.78, 5) is 3.86. The number of unbranched alkanes of at least 4 members (excludes halogenated alkanes) is 6. The van der Waals surface area contributed by atoms with Gasteiger partial charge in [-0.15, -0.1) is 0 Å². The van der Waals surface area contributed by atoms with E-state index < -0.39 is 0 Å². The smallest absolute Gasteiger partial charge is 0.0333 e. The number of rotatable bonds is 8. The van der Waals surface area contributed by atoms with Crippen LogP contribution in [-0.4, -0.2) is 13.4 Å². The molecule has 0 saturated carbocycles. The Bertz CT molecular complexity index is 104. The maximum Gasteiger partial charge on any atom is 0.0333 e. The van der Waals surface area contributed by atoms with Gasteiger partial charge in [0.05, 0.1) is 0 Å². The van der Waals surface area contributed by atoms with E-state index in [1.165, 1.54) is 44.9 Å². The highest BCUT2D eigenvalue weighted by atomic mass is 16.8. The molecule has 0 N–H and O–H groups in total. The van der Waals surface area contributed by atoms with Crippen molar-refractivity contribution in [1.29, 1.82) is 0 Å². The lowest BCUT2D eigenvalue weighted by atomic mass is 10.1. The largest absolute Gasteiger partial charge is 0.246 e. The van der Waals surface area contributed by atoms with Crippen molar-refractivity contribution in [1.82, 2.24) is 0 Å². The van der Waals surface area contributed by atoms with Gasteiger partial charge in [-0.05, 0) is 0 Å². The van der Waals surface area contributed by atoms with E-state index in [2.05, 4.69) is 42.5 Å². The topological polar surface area (TPSA) is 34.0 Å². The van der Waals surface area contributed by atoms with E-state index in [4.69, 9.17) is 0 Å². The van der Waals surface area contributed by atoms with Crippen molar-refractivity contribution < 1.29 is 4.94 Å². The molecule has 0 aromatic rings. The Morgan fingerprint density at radius 1 is 0.786 bits per heavy atom. The molecule has 3 heteroatoms. The highest BCUT2D eigenvalue weighted by Gasteiger charge is 1.85. The van der Waals surface area contributed by atoms with Crippen molar-refractivity contribution in [2.45, 2.75) is 58.8 Å². The molecule has 0 aliphatic rings. The first-order valence-electron chi connectivity index (χ1n) is 5.41. The summed E-state index contributed by atoms with van der Waals surface area (Å²) in [6.07, 6.45) is 9.97. The summed E-state index contributed by atoms with van der Waals surface area (Å²) in [5, 5.41) is 5.75. The Morgan fingerprint density at radius 3 is 1.36 bits per heavy atom. The predicted molar refractivity (Wildman–Crippen MR) is 63.9 cm³/mol. The van der Waals surface area contributed by atoms with Crippen LogP contribution in [0.1, 0.15) is 58.8 Å². The molecule has 0 amide bonds. The van der Waals surface area contributed by atoms with E-state index in [1.807, 2.05) is 0 Å². The molecule has 14 heavy (non-hydrogen) atoms. The molecule has 3 nitrogen and oxygen atoms in total. The number of nitrogens with zero attached hydrogens (tertiary/aromatic N) is 2. The van der Waals surface area contributed by atoms with Crippen LogP contribution in [0.25, 0.3) is 0 Å². The third kappa shape index (κ3) is 22.5. The van der Waals surface area contributed by atoms with Crippen molar-refractivity contribution >= 4 is 13.4 Å². The highest BCUT2D eigenvalue weighted by Crippen LogP contribution is 2.05. The Hall–Kier alpha value is -0.860. The van der Waals surface area contributed by atoms with Crippen LogP contribution in [-0.2, 0) is 4.94 Å². The maximum atomic E-state index is 3.86. The molecule has 84 valence electrons. The Kier molecular flexibility index (Phi) is 20.1. The van der Waals surface area contributed by atoms with Crippen LogP contribution in [0.15, 0.2) is 10.3 Å². The van der Waals surface area contributed by atoms with Crippen molar-refractivity contribution in [3.8, 4) is 0 Å². The van der Waals surface area contributed by atoms with Gasteiger partial charge in [0.2, 0.25) is 0 Å². The molecule has 0 unspecified atom stereocenters. The van der Waals surface area contributed by atoms with Gasteiger partial charge in [0.25, 0.3) is 0 Å². The van der Waals surface area contributed by atoms with Gasteiger partial charge in [-0.2, -0.15) is 0 Å². The van der Waals surface area contributed by atoms with E-state index in [-0.39, 0.29) is 0 Å². The zero-order valence-corrected chi connectivity index (χ0v) is 9.67. The number of hydrogen-bond acceptors (Lipinski definition) is 3. The fourth-order valence-electron chi connectivity index (χ4n) is 1.07. The normalized spacial score (nSPS) is 8.43. The van der Waals surface area contributed by atoms with Gasteiger partial charge in [-0.25, -0.2) is 4.94 Å². The third-order valence-electron chi connectivity index (χ3n) is 1.82. The van der Waals surface area contributed by atoms with Gasteiger partial charge in [0, 0.05) is 13.4 Å². The summed E-state index contributed by atoms with van der Waals surface area (Å²) in [5.74, 6) is 0. The molecule has 0 aromatic carbocycles. The average molecular weight is 200 g/mol. The summed E-state index contributed by atoms with van der Waals surface area (Å²) >= 11 is 0. The molecule has 0 fully saturated rings. The van der Waals surface area contributed by atoms with E-state index in [1.54, 1.807) is 0 Å². The Morgan fingerprint density at radius 2 is 1.14 bits per heavy atom. The van der Waals surface area contributed by atoms with E-state index in [9.17, 15) is 0 Å². The van der Waals surface area contributed by atoms with Crippen LogP contribution in [0, 0.1) is 0 Å². The van der Waals surface area contributed by atoms with Crippen molar-refractivity contribution in [2.75, 3.05) is 0 Å². The SMILES string of the molecule is C=NON=C.CCCCCCCCC. The van der Waals surface area contributed by atoms with Gasteiger partial charge in [-0.1, -0.05) is 69.1 Å². The van der Waals surface area contributed by atoms with Crippen LogP contribution in [0.2, 0.25) is 0 Å². The molecule has 0 aromatic heterocycles. The van der Waals surface area contributed by atoms with Crippen molar-refractivity contribution in [2.24, 2.45) is 10.3 Å². The van der Waals surface area contributed by atoms with Crippen LogP contribution in [0.3, 0.4) is 0 Å². The van der Waals surface area contributed by atoms with E-state index >= 15 is 0 Å². The zero-order valence-electron chi connectivity index (χ0n) is 9.67. The van der Waals surface area contributed by atoms with Gasteiger partial charge < -0.3 is 0 Å². The van der Waals surface area contributed by atoms with Crippen LogP contribution >= 0.6 is 0 Å². The molecule has 0 rings (SSSR count). The molecular formula is C11H24N2O. The fraction of sp³-hybridized carbons (Fsp3) is 0.818. The lowest BCUT2D eigenvalue weighted by Crippen LogP contribution is -1.76. The molecule has 0 saturated heterocycles. The molecular weight excluding hydrogens is 176 g/mol. The summed E-state index contributed by atoms with van der Waals surface area (Å²) in [5.41, 5.74) is 0. The van der Waals surface area contributed by atoms with Gasteiger partial charge >= 0.3 is 0 Å². The minimum atomic E-state index is 1.37. The lowest BCUT2D eigenvalue weighted by Gasteiger charge is -1.96. The second-order valence-electron chi connectivity index (χ2n) is 3.11. The van der Waals surface area contributed by atoms with Gasteiger partial charge in [0.1, 0.15) is 0 Å². The van der Waals surface area contributed by atoms with Gasteiger partial charge in [0.15, 0.2) is 0 Å². The quantitative estimate of drug-likeness (QED) is 0.331. The van der Waals surface area contributed by atoms with Crippen molar-refractivity contribution in [3.63, 3.8) is 0 Å². The Balaban J connectivity index is 0. The third-order valence-corrected chi connectivity index (χ3v) is 1.82. The molecule has 0 heterocycles. The molecule has 0 aliphatic carbocycles. The molecule has 0 aliphatic heterocycles. The molecule has 0 spiro atoms. The minimum absolute atomic E-state index is 1.37. The highest BCUT2D eigenvalue weighted by molar-refractivity contribution is 5.23. The monoisotopic (exact) mass is 200 g/mol. The predicted octanol–water partition coefficient (Wildman–Crippen LogP) is 3.99. The molecule has 0 bridgehead atoms. The lowest BCUT2D eigenvalue weighted by molar-refractivity contribution is 0.161. The average Bonchev–Trinajstić information content (AvgIpc) is 2.20. The van der Waals surface area contributed by atoms with Gasteiger partial charge in [-0.3, -0.25) is 0 Å². The summed E-state index contributed by atoms with van der Waals surface area (Å²) < 4.78 is 0. The van der Waals surface area contributed by atoms with Crippen molar-refractivity contribution in [3.05, 3.63) is 0 Å². The Labute approximate surface area is 88.2 Å². The number of hydrogen-bond donors (Lipinski definition) is 0. The minimum Gasteiger partial charge on any atom is -0.246 e. The summed E-state index contributed by atoms with van der Waals surface area (Å²) in [6.45, 7) is 10.4. The zero-order chi connectivity index (χ0) is 11.1. The standard InChI is InChI=1S/C9H20.C2H4N2O/c1-3-5-7-9-8-6-4-2;1-3-5-4-2/h3-9H2,1-2H3;1-2H2. The fourth-order valence-corrected chi connectivity index (χ4v) is 1.07. The summed E-state index contributed by atoms with van der Waals surface area (Å²) in [7, 11) is 0. The second kappa shape index (κ2) is 18.0. The molecule has 0 atom stereocenters. The molecule has 0 radical (unpaired) electrons. The maximum absolute atomic E-state index is 3.86. The second-order valence-corrected chi connectivity index (χ2v) is 3.11. The van der Waals surface area contributed by atoms with Crippen LogP contribution < -0.4 is 0 Å². The number of oxime groups is 2. The van der Waals surface area contributed by atoms with Crippen LogP contribution in [0.4, 0.5) is 0 Å². The van der Waals surface area contributed by atoms with Crippen LogP contribution in [0.5, 0.6) is 0 Å².